The lowest BCUT2D eigenvalue weighted by Crippen LogP contribution is -2.31. The number of aromatic amines is 1. The summed E-state index contributed by atoms with van der Waals surface area (Å²) in [5, 5.41) is 3.66. The molecule has 1 aliphatic heterocycles. The van der Waals surface area contributed by atoms with Crippen LogP contribution in [0, 0.1) is 5.92 Å². The predicted molar refractivity (Wildman–Crippen MR) is 71.2 cm³/mol. The molecule has 0 radical (unpaired) electrons. The summed E-state index contributed by atoms with van der Waals surface area (Å²) in [6, 6.07) is 0.296. The van der Waals surface area contributed by atoms with Gasteiger partial charge in [0.15, 0.2) is 11.5 Å². The number of nitrogens with one attached hydrogen (secondary N) is 2. The molecule has 1 saturated carbocycles. The highest BCUT2D eigenvalue weighted by Gasteiger charge is 2.40. The lowest BCUT2D eigenvalue weighted by molar-refractivity contribution is 0.0898. The average Bonchev–Trinajstić information content (AvgIpc) is 2.94. The quantitative estimate of drug-likeness (QED) is 0.841. The van der Waals surface area contributed by atoms with Crippen molar-refractivity contribution in [2.75, 3.05) is 11.9 Å². The monoisotopic (exact) mass is 279 g/mol. The second kappa shape index (κ2) is 4.31. The number of hydrogen-bond donors (Lipinski definition) is 2. The molecule has 2 unspecified atom stereocenters. The minimum absolute atomic E-state index is 0.212. The van der Waals surface area contributed by atoms with Crippen LogP contribution in [0.4, 0.5) is 5.82 Å². The summed E-state index contributed by atoms with van der Waals surface area (Å²) in [7, 11) is 0. The molecule has 0 amide bonds. The Morgan fingerprint density at radius 3 is 3.05 bits per heavy atom. The van der Waals surface area contributed by atoms with Gasteiger partial charge in [0.05, 0.1) is 18.5 Å². The van der Waals surface area contributed by atoms with E-state index in [2.05, 4.69) is 25.3 Å². The normalized spacial score (nSPS) is 27.0. The Balaban J connectivity index is 1.65. The minimum atomic E-state index is 0.212. The van der Waals surface area contributed by atoms with Crippen molar-refractivity contribution in [1.82, 2.24) is 19.9 Å². The maximum Gasteiger partial charge on any atom is 0.226 e. The van der Waals surface area contributed by atoms with E-state index in [-0.39, 0.29) is 5.28 Å². The van der Waals surface area contributed by atoms with E-state index in [0.29, 0.717) is 29.5 Å². The fraction of sp³-hybridized carbons (Fsp3) is 0.583. The van der Waals surface area contributed by atoms with Crippen LogP contribution in [-0.4, -0.2) is 38.7 Å². The number of anilines is 1. The molecule has 2 aromatic rings. The van der Waals surface area contributed by atoms with Gasteiger partial charge in [0.1, 0.15) is 5.52 Å². The van der Waals surface area contributed by atoms with E-state index in [0.717, 1.165) is 18.5 Å². The van der Waals surface area contributed by atoms with Crippen molar-refractivity contribution in [3.8, 4) is 0 Å². The molecule has 4 rings (SSSR count). The number of fused-ring (bicyclic) bond motifs is 1. The summed E-state index contributed by atoms with van der Waals surface area (Å²) in [6.07, 6.45) is 5.44. The van der Waals surface area contributed by atoms with Crippen LogP contribution in [0.25, 0.3) is 11.2 Å². The maximum atomic E-state index is 5.93. The first-order chi connectivity index (χ1) is 9.31. The molecule has 2 aromatic heterocycles. The highest BCUT2D eigenvalue weighted by Crippen LogP contribution is 2.39. The number of rotatable bonds is 3. The Bertz CT molecular complexity index is 611. The van der Waals surface area contributed by atoms with E-state index in [4.69, 9.17) is 16.3 Å². The van der Waals surface area contributed by atoms with Gasteiger partial charge in [0.2, 0.25) is 5.28 Å². The van der Waals surface area contributed by atoms with Gasteiger partial charge in [-0.2, -0.15) is 9.97 Å². The first-order valence-corrected chi connectivity index (χ1v) is 6.94. The van der Waals surface area contributed by atoms with Gasteiger partial charge in [0.25, 0.3) is 0 Å². The molecule has 100 valence electrons. The van der Waals surface area contributed by atoms with Crippen molar-refractivity contribution in [2.24, 2.45) is 5.92 Å². The van der Waals surface area contributed by atoms with Crippen LogP contribution in [0.5, 0.6) is 0 Å². The Morgan fingerprint density at radius 1 is 1.32 bits per heavy atom. The first kappa shape index (κ1) is 11.4. The van der Waals surface area contributed by atoms with Crippen molar-refractivity contribution in [3.63, 3.8) is 0 Å². The van der Waals surface area contributed by atoms with Crippen molar-refractivity contribution in [3.05, 3.63) is 11.6 Å². The van der Waals surface area contributed by atoms with Crippen LogP contribution in [0.3, 0.4) is 0 Å². The fourth-order valence-corrected chi connectivity index (χ4v) is 2.91. The topological polar surface area (TPSA) is 75.7 Å². The molecule has 2 aliphatic rings. The van der Waals surface area contributed by atoms with Gasteiger partial charge in [-0.3, -0.25) is 0 Å². The molecule has 6 nitrogen and oxygen atoms in total. The maximum absolute atomic E-state index is 5.93. The van der Waals surface area contributed by atoms with Gasteiger partial charge in [0, 0.05) is 6.61 Å². The van der Waals surface area contributed by atoms with Gasteiger partial charge in [-0.1, -0.05) is 0 Å². The van der Waals surface area contributed by atoms with Gasteiger partial charge < -0.3 is 15.0 Å². The smallest absolute Gasteiger partial charge is 0.226 e. The minimum Gasteiger partial charge on any atom is -0.376 e. The molecule has 3 heterocycles. The Morgan fingerprint density at radius 2 is 2.21 bits per heavy atom. The molecule has 2 N–H and O–H groups in total. The molecule has 0 spiro atoms. The second-order valence-corrected chi connectivity index (χ2v) is 5.49. The van der Waals surface area contributed by atoms with Crippen LogP contribution in [-0.2, 0) is 4.74 Å². The predicted octanol–water partition coefficient (Wildman–Crippen LogP) is 1.99. The number of halogens is 1. The van der Waals surface area contributed by atoms with Crippen molar-refractivity contribution < 1.29 is 4.74 Å². The molecular formula is C12H14ClN5O. The van der Waals surface area contributed by atoms with E-state index in [1.807, 2.05) is 0 Å². The number of aromatic nitrogens is 4. The third kappa shape index (κ3) is 2.04. The third-order valence-electron chi connectivity index (χ3n) is 3.80. The Labute approximate surface area is 114 Å². The van der Waals surface area contributed by atoms with E-state index in [1.165, 1.54) is 12.8 Å². The zero-order valence-corrected chi connectivity index (χ0v) is 11.0. The summed E-state index contributed by atoms with van der Waals surface area (Å²) in [5.74, 6) is 1.42. The van der Waals surface area contributed by atoms with Crippen molar-refractivity contribution in [2.45, 2.75) is 31.4 Å². The lowest BCUT2D eigenvalue weighted by Gasteiger charge is -2.20. The average molecular weight is 280 g/mol. The van der Waals surface area contributed by atoms with E-state index < -0.39 is 0 Å². The number of hydrogen-bond acceptors (Lipinski definition) is 5. The zero-order valence-electron chi connectivity index (χ0n) is 10.3. The Kier molecular flexibility index (Phi) is 2.60. The molecule has 0 bridgehead atoms. The molecule has 1 aliphatic carbocycles. The van der Waals surface area contributed by atoms with Crippen LogP contribution >= 0.6 is 11.6 Å². The zero-order chi connectivity index (χ0) is 12.8. The lowest BCUT2D eigenvalue weighted by atomic mass is 10.1. The molecule has 7 heteroatoms. The number of imidazole rings is 1. The van der Waals surface area contributed by atoms with Crippen LogP contribution in [0.2, 0.25) is 5.28 Å². The Hall–Kier alpha value is -1.40. The fourth-order valence-electron chi connectivity index (χ4n) is 2.74. The SMILES string of the molecule is Clc1nc(NC2CCOC2C2CC2)c2[nH]cnc2n1. The summed E-state index contributed by atoms with van der Waals surface area (Å²) in [4.78, 5) is 15.5. The van der Waals surface area contributed by atoms with Crippen LogP contribution in [0.15, 0.2) is 6.33 Å². The molecule has 2 atom stereocenters. The highest BCUT2D eigenvalue weighted by atomic mass is 35.5. The molecular weight excluding hydrogens is 266 g/mol. The van der Waals surface area contributed by atoms with Gasteiger partial charge in [-0.05, 0) is 36.8 Å². The molecule has 19 heavy (non-hydrogen) atoms. The van der Waals surface area contributed by atoms with Crippen LogP contribution < -0.4 is 5.32 Å². The van der Waals surface area contributed by atoms with Gasteiger partial charge in [-0.15, -0.1) is 0 Å². The first-order valence-electron chi connectivity index (χ1n) is 6.56. The third-order valence-corrected chi connectivity index (χ3v) is 3.97. The van der Waals surface area contributed by atoms with Crippen molar-refractivity contribution in [1.29, 1.82) is 0 Å². The second-order valence-electron chi connectivity index (χ2n) is 5.15. The summed E-state index contributed by atoms with van der Waals surface area (Å²) in [6.45, 7) is 0.809. The number of ether oxygens (including phenoxy) is 1. The van der Waals surface area contributed by atoms with E-state index in [1.54, 1.807) is 6.33 Å². The van der Waals surface area contributed by atoms with E-state index >= 15 is 0 Å². The van der Waals surface area contributed by atoms with Crippen molar-refractivity contribution >= 4 is 28.6 Å². The summed E-state index contributed by atoms with van der Waals surface area (Å²) < 4.78 is 5.82. The number of H-pyrrole nitrogens is 1. The summed E-state index contributed by atoms with van der Waals surface area (Å²) in [5.41, 5.74) is 1.38. The number of nitrogens with zero attached hydrogens (tertiary/aromatic N) is 3. The highest BCUT2D eigenvalue weighted by molar-refractivity contribution is 6.28. The van der Waals surface area contributed by atoms with Gasteiger partial charge in [-0.25, -0.2) is 4.98 Å². The molecule has 2 fully saturated rings. The molecule has 1 saturated heterocycles. The molecule has 0 aromatic carbocycles. The van der Waals surface area contributed by atoms with E-state index in [9.17, 15) is 0 Å². The summed E-state index contributed by atoms with van der Waals surface area (Å²) >= 11 is 5.93. The van der Waals surface area contributed by atoms with Gasteiger partial charge >= 0.3 is 0 Å². The van der Waals surface area contributed by atoms with Crippen LogP contribution in [0.1, 0.15) is 19.3 Å². The largest absolute Gasteiger partial charge is 0.376 e. The standard InChI is InChI=1S/C12H14ClN5O/c13-12-17-10-8(14-5-15-10)11(18-12)16-7-3-4-19-9(7)6-1-2-6/h5-7,9H,1-4H2,(H2,14,15,16,17,18).